The summed E-state index contributed by atoms with van der Waals surface area (Å²) in [5.74, 6) is 0. The van der Waals surface area contributed by atoms with Gasteiger partial charge < -0.3 is 0 Å². The number of nitrogens with zero attached hydrogens (tertiary/aromatic N) is 1. The van der Waals surface area contributed by atoms with Gasteiger partial charge in [-0.2, -0.15) is 0 Å². The first-order valence-electron chi connectivity index (χ1n) is 4.46. The van der Waals surface area contributed by atoms with Gasteiger partial charge in [0.05, 0.1) is 0 Å². The zero-order valence-electron chi connectivity index (χ0n) is 7.93. The van der Waals surface area contributed by atoms with Crippen molar-refractivity contribution in [3.05, 3.63) is 24.3 Å². The molecule has 0 aliphatic heterocycles. The molecule has 66 valence electrons. The summed E-state index contributed by atoms with van der Waals surface area (Å²) in [6.45, 7) is 0. The van der Waals surface area contributed by atoms with Crippen molar-refractivity contribution in [1.29, 1.82) is 0 Å². The number of aryl methyl sites for hydroxylation is 1. The molecule has 1 heterocycles. The van der Waals surface area contributed by atoms with E-state index in [1.54, 1.807) is 0 Å². The molecule has 5 heteroatoms. The second kappa shape index (κ2) is 5.03. The van der Waals surface area contributed by atoms with E-state index in [1.165, 1.54) is 17.2 Å². The van der Waals surface area contributed by atoms with Crippen molar-refractivity contribution in [2.75, 3.05) is 0 Å². The predicted molar refractivity (Wildman–Crippen MR) is 53.9 cm³/mol. The molecule has 0 unspecified atom stereocenters. The van der Waals surface area contributed by atoms with Gasteiger partial charge in [0.2, 0.25) is 0 Å². The molecule has 0 aliphatic rings. The Kier molecular flexibility index (Phi) is 4.20. The molecule has 0 fully saturated rings. The van der Waals surface area contributed by atoms with Crippen molar-refractivity contribution in [1.82, 2.24) is 4.57 Å². The van der Waals surface area contributed by atoms with Crippen LogP contribution < -0.4 is 6.27 Å². The molecule has 2 aromatic rings. The third kappa shape index (κ3) is 1.90. The van der Waals surface area contributed by atoms with E-state index in [2.05, 4.69) is 35.9 Å². The molecule has 0 saturated heterocycles. The molecular weight excluding hydrogens is 594 g/mol. The van der Waals surface area contributed by atoms with Gasteiger partial charge in [0, 0.05) is 0 Å². The summed E-state index contributed by atoms with van der Waals surface area (Å²) in [7, 11) is 14.5. The topological polar surface area (TPSA) is 4.93 Å². The van der Waals surface area contributed by atoms with Crippen LogP contribution in [0.1, 0.15) is 0 Å². The molecule has 1 aromatic heterocycles. The molecule has 0 atom stereocenters. The fraction of sp³-hybridized carbons (Fsp3) is 0.111. The van der Waals surface area contributed by atoms with Crippen LogP contribution in [0.4, 0.5) is 0 Å². The molecule has 0 bridgehead atoms. The molecule has 0 spiro atoms. The number of hydrogen-bond donors (Lipinski definition) is 0. The Morgan fingerprint density at radius 1 is 1.14 bits per heavy atom. The number of hydrogen-bond acceptors (Lipinski definition) is 0. The monoisotopic (exact) mass is 603 g/mol. The van der Waals surface area contributed by atoms with Gasteiger partial charge in [-0.05, 0) is 0 Å². The Labute approximate surface area is 115 Å². The van der Waals surface area contributed by atoms with Crippen molar-refractivity contribution in [2.24, 2.45) is 7.05 Å². The number of benzene rings is 1. The Morgan fingerprint density at radius 3 is 2.50 bits per heavy atom. The number of halogens is 2. The first-order valence-corrected chi connectivity index (χ1v) is 23.5. The zero-order valence-corrected chi connectivity index (χ0v) is 20.4. The molecule has 0 N–H and O–H groups in total. The van der Waals surface area contributed by atoms with Crippen molar-refractivity contribution in [2.45, 2.75) is 0 Å². The summed E-state index contributed by atoms with van der Waals surface area (Å²) in [6, 6.07) is 8.49. The summed E-state index contributed by atoms with van der Waals surface area (Å²) in [6.07, 6.45) is 0. The Bertz CT molecular complexity index is 467. The Balaban J connectivity index is 2.84. The summed E-state index contributed by atoms with van der Waals surface area (Å²) in [5.41, 5.74) is 1.30. The van der Waals surface area contributed by atoms with Crippen LogP contribution in [0.2, 0.25) is 0 Å². The Morgan fingerprint density at radius 2 is 1.86 bits per heavy atom. The normalized spacial score (nSPS) is 9.93. The maximum absolute atomic E-state index is 6.19. The molecule has 0 radical (unpaired) electrons. The zero-order chi connectivity index (χ0) is 10.1. The van der Waals surface area contributed by atoms with Crippen LogP contribution in [-0.2, 0) is 53.7 Å². The summed E-state index contributed by atoms with van der Waals surface area (Å²) >= 11 is -2.69. The molecule has 1 nitrogen and oxygen atoms in total. The van der Waals surface area contributed by atoms with Crippen molar-refractivity contribution >= 4 is 33.7 Å². The van der Waals surface area contributed by atoms with Crippen LogP contribution in [0.15, 0.2) is 24.3 Å². The SMILES string of the molecule is Cn1[c]([Hg][Cl])[c]([Hg][Cl])c2ccccc21. The average Bonchev–Trinajstić information content (AvgIpc) is 2.51. The van der Waals surface area contributed by atoms with Crippen LogP contribution >= 0.6 is 16.5 Å². The van der Waals surface area contributed by atoms with Crippen molar-refractivity contribution in [3.63, 3.8) is 0 Å². The summed E-state index contributed by atoms with van der Waals surface area (Å²) in [4.78, 5) is 0. The maximum atomic E-state index is 6.19. The predicted octanol–water partition coefficient (Wildman–Crippen LogP) is 1.90. The number of rotatable bonds is 2. The standard InChI is InChI=1S/C9H7N.2ClH.2Hg/c1-10-7-6-8-4-2-3-5-9(8)10;;;;/h2-5H,1H3;2*1H;;/q;;;2*+1/p-2. The van der Waals surface area contributed by atoms with Crippen molar-refractivity contribution in [3.8, 4) is 0 Å². The van der Waals surface area contributed by atoms with Crippen molar-refractivity contribution < 1.29 is 46.7 Å². The van der Waals surface area contributed by atoms with Crippen LogP contribution in [0, 0.1) is 0 Å². The van der Waals surface area contributed by atoms with Gasteiger partial charge in [0.15, 0.2) is 0 Å². The fourth-order valence-corrected chi connectivity index (χ4v) is 32.8. The minimum absolute atomic E-state index is 1.30. The van der Waals surface area contributed by atoms with E-state index in [0.717, 1.165) is 0 Å². The Hall–Kier alpha value is 1.21. The number of aromatic nitrogens is 1. The van der Waals surface area contributed by atoms with Crippen LogP contribution in [0.5, 0.6) is 0 Å². The third-order valence-corrected chi connectivity index (χ3v) is 23.3. The van der Waals surface area contributed by atoms with E-state index >= 15 is 0 Å². The number of para-hydroxylation sites is 1. The van der Waals surface area contributed by atoms with E-state index in [4.69, 9.17) is 16.5 Å². The molecular formula is C9H7Cl2Hg2N. The van der Waals surface area contributed by atoms with Gasteiger partial charge in [-0.15, -0.1) is 0 Å². The molecule has 0 aliphatic carbocycles. The van der Waals surface area contributed by atoms with Gasteiger partial charge in [-0.1, -0.05) is 0 Å². The third-order valence-electron chi connectivity index (χ3n) is 2.60. The average molecular weight is 601 g/mol. The first-order chi connectivity index (χ1) is 6.79. The molecule has 2 rings (SSSR count). The molecule has 0 amide bonds. The van der Waals surface area contributed by atoms with Gasteiger partial charge >= 0.3 is 116 Å². The quantitative estimate of drug-likeness (QED) is 0.464. The second-order valence-electron chi connectivity index (χ2n) is 3.27. The minimum atomic E-state index is -1.35. The summed E-state index contributed by atoms with van der Waals surface area (Å²) < 4.78 is 5.17. The van der Waals surface area contributed by atoms with Gasteiger partial charge in [-0.3, -0.25) is 0 Å². The molecule has 14 heavy (non-hydrogen) atoms. The fourth-order valence-electron chi connectivity index (χ4n) is 1.84. The van der Waals surface area contributed by atoms with E-state index in [-0.39, 0.29) is 0 Å². The van der Waals surface area contributed by atoms with Crippen LogP contribution in [-0.4, -0.2) is 4.57 Å². The van der Waals surface area contributed by atoms with E-state index in [9.17, 15) is 0 Å². The van der Waals surface area contributed by atoms with Crippen LogP contribution in [0.25, 0.3) is 10.9 Å². The van der Waals surface area contributed by atoms with Gasteiger partial charge in [-0.25, -0.2) is 0 Å². The van der Waals surface area contributed by atoms with Gasteiger partial charge in [0.25, 0.3) is 0 Å². The molecule has 1 aromatic carbocycles. The second-order valence-corrected chi connectivity index (χ2v) is 15.4. The molecule has 0 saturated carbocycles. The summed E-state index contributed by atoms with van der Waals surface area (Å²) in [5, 5.41) is 1.36. The number of fused-ring (bicyclic) bond motifs is 1. The van der Waals surface area contributed by atoms with Gasteiger partial charge in [0.1, 0.15) is 0 Å². The van der Waals surface area contributed by atoms with E-state index in [1.807, 2.05) is 0 Å². The van der Waals surface area contributed by atoms with Crippen LogP contribution in [0.3, 0.4) is 0 Å². The first kappa shape index (κ1) is 11.7. The van der Waals surface area contributed by atoms with E-state index < -0.39 is 46.7 Å². The van der Waals surface area contributed by atoms with E-state index in [0.29, 0.717) is 0 Å².